The summed E-state index contributed by atoms with van der Waals surface area (Å²) in [7, 11) is 0. The van der Waals surface area contributed by atoms with Gasteiger partial charge in [0.25, 0.3) is 0 Å². The van der Waals surface area contributed by atoms with Gasteiger partial charge in [0, 0.05) is 5.56 Å². The third kappa shape index (κ3) is 5.04. The van der Waals surface area contributed by atoms with Crippen molar-refractivity contribution < 1.29 is 18.3 Å². The standard InChI is InChI=1S/C19H18FN3O4/c1-13-3-2-4-16(11-13)26-10-9-21-17(24)12-23-19(25)27-18(22-23)14-5-7-15(20)8-6-14/h2-8,11H,9-10,12H2,1H3,(H,21,24). The van der Waals surface area contributed by atoms with Crippen LogP contribution in [0, 0.1) is 12.7 Å². The first kappa shape index (κ1) is 18.4. The Morgan fingerprint density at radius 1 is 1.26 bits per heavy atom. The Labute approximate surface area is 154 Å². The fraction of sp³-hybridized carbons (Fsp3) is 0.211. The average molecular weight is 371 g/mol. The van der Waals surface area contributed by atoms with E-state index in [0.717, 1.165) is 16.0 Å². The number of nitrogens with one attached hydrogen (secondary N) is 1. The molecule has 1 heterocycles. The van der Waals surface area contributed by atoms with Crippen LogP contribution in [0.1, 0.15) is 5.56 Å². The van der Waals surface area contributed by atoms with Gasteiger partial charge >= 0.3 is 5.76 Å². The predicted molar refractivity (Wildman–Crippen MR) is 95.8 cm³/mol. The molecule has 0 aliphatic heterocycles. The second kappa shape index (κ2) is 8.31. The minimum absolute atomic E-state index is 0.0237. The van der Waals surface area contributed by atoms with Gasteiger partial charge in [-0.3, -0.25) is 4.79 Å². The molecule has 27 heavy (non-hydrogen) atoms. The van der Waals surface area contributed by atoms with Gasteiger partial charge in [0.15, 0.2) is 0 Å². The number of amides is 1. The van der Waals surface area contributed by atoms with Crippen LogP contribution in [0.25, 0.3) is 11.5 Å². The van der Waals surface area contributed by atoms with Gasteiger partial charge in [0.1, 0.15) is 24.7 Å². The van der Waals surface area contributed by atoms with Crippen LogP contribution in [-0.4, -0.2) is 28.8 Å². The minimum Gasteiger partial charge on any atom is -0.492 e. The van der Waals surface area contributed by atoms with Gasteiger partial charge in [-0.15, -0.1) is 5.10 Å². The van der Waals surface area contributed by atoms with Crippen LogP contribution in [0.4, 0.5) is 4.39 Å². The molecule has 0 atom stereocenters. The van der Waals surface area contributed by atoms with Gasteiger partial charge in [-0.1, -0.05) is 12.1 Å². The number of aromatic nitrogens is 2. The van der Waals surface area contributed by atoms with Crippen LogP contribution in [0.5, 0.6) is 5.75 Å². The van der Waals surface area contributed by atoms with E-state index in [9.17, 15) is 14.0 Å². The average Bonchev–Trinajstić information content (AvgIpc) is 3.00. The molecule has 0 bridgehead atoms. The number of rotatable bonds is 7. The second-order valence-corrected chi connectivity index (χ2v) is 5.85. The van der Waals surface area contributed by atoms with Gasteiger partial charge in [-0.05, 0) is 48.9 Å². The molecule has 1 amide bonds. The molecule has 0 unspecified atom stereocenters. The number of benzene rings is 2. The van der Waals surface area contributed by atoms with Crippen molar-refractivity contribution in [2.45, 2.75) is 13.5 Å². The van der Waals surface area contributed by atoms with Crippen molar-refractivity contribution in [3.05, 3.63) is 70.5 Å². The third-order valence-corrected chi connectivity index (χ3v) is 3.67. The van der Waals surface area contributed by atoms with E-state index in [4.69, 9.17) is 9.15 Å². The van der Waals surface area contributed by atoms with E-state index in [1.54, 1.807) is 0 Å². The second-order valence-electron chi connectivity index (χ2n) is 5.85. The van der Waals surface area contributed by atoms with Crippen LogP contribution in [0.2, 0.25) is 0 Å². The van der Waals surface area contributed by atoms with E-state index in [2.05, 4.69) is 10.4 Å². The third-order valence-electron chi connectivity index (χ3n) is 3.67. The number of halogens is 1. The molecule has 3 aromatic rings. The number of nitrogens with zero attached hydrogens (tertiary/aromatic N) is 2. The Hall–Kier alpha value is -3.42. The van der Waals surface area contributed by atoms with Crippen molar-refractivity contribution in [1.29, 1.82) is 0 Å². The summed E-state index contributed by atoms with van der Waals surface area (Å²) in [6.45, 7) is 2.26. The summed E-state index contributed by atoms with van der Waals surface area (Å²) in [5.74, 6) is -0.825. The maximum atomic E-state index is 13.0. The zero-order chi connectivity index (χ0) is 19.2. The summed E-state index contributed by atoms with van der Waals surface area (Å²) in [4.78, 5) is 23.8. The van der Waals surface area contributed by atoms with Gasteiger partial charge in [-0.25, -0.2) is 9.18 Å². The Morgan fingerprint density at radius 2 is 2.04 bits per heavy atom. The van der Waals surface area contributed by atoms with Crippen molar-refractivity contribution >= 4 is 5.91 Å². The largest absolute Gasteiger partial charge is 0.492 e. The number of hydrogen-bond acceptors (Lipinski definition) is 5. The molecule has 0 aliphatic carbocycles. The van der Waals surface area contributed by atoms with E-state index < -0.39 is 17.5 Å². The number of ether oxygens (including phenoxy) is 1. The monoisotopic (exact) mass is 371 g/mol. The molecule has 0 fully saturated rings. The lowest BCUT2D eigenvalue weighted by Gasteiger charge is -2.08. The lowest BCUT2D eigenvalue weighted by Crippen LogP contribution is -2.33. The first-order valence-corrected chi connectivity index (χ1v) is 8.31. The van der Waals surface area contributed by atoms with Gasteiger partial charge in [-0.2, -0.15) is 4.68 Å². The van der Waals surface area contributed by atoms with Crippen molar-refractivity contribution in [1.82, 2.24) is 15.1 Å². The maximum Gasteiger partial charge on any atom is 0.437 e. The van der Waals surface area contributed by atoms with E-state index in [1.807, 2.05) is 31.2 Å². The molecule has 0 spiro atoms. The predicted octanol–water partition coefficient (Wildman–Crippen LogP) is 2.15. The van der Waals surface area contributed by atoms with Crippen LogP contribution in [0.3, 0.4) is 0 Å². The van der Waals surface area contributed by atoms with Gasteiger partial charge in [0.05, 0.1) is 6.54 Å². The smallest absolute Gasteiger partial charge is 0.437 e. The Bertz CT molecular complexity index is 979. The summed E-state index contributed by atoms with van der Waals surface area (Å²) in [5, 5.41) is 6.60. The van der Waals surface area contributed by atoms with Gasteiger partial charge in [0.2, 0.25) is 11.8 Å². The molecule has 7 nitrogen and oxygen atoms in total. The maximum absolute atomic E-state index is 13.0. The van der Waals surface area contributed by atoms with Crippen LogP contribution in [0.15, 0.2) is 57.7 Å². The molecule has 2 aromatic carbocycles. The van der Waals surface area contributed by atoms with Gasteiger partial charge < -0.3 is 14.5 Å². The molecular weight excluding hydrogens is 353 g/mol. The highest BCUT2D eigenvalue weighted by atomic mass is 19.1. The molecular formula is C19H18FN3O4. The van der Waals surface area contributed by atoms with E-state index in [0.29, 0.717) is 12.2 Å². The van der Waals surface area contributed by atoms with Crippen LogP contribution >= 0.6 is 0 Å². The van der Waals surface area contributed by atoms with Crippen LogP contribution in [-0.2, 0) is 11.3 Å². The first-order valence-electron chi connectivity index (χ1n) is 8.31. The quantitative estimate of drug-likeness (QED) is 0.643. The molecule has 8 heteroatoms. The van der Waals surface area contributed by atoms with Crippen LogP contribution < -0.4 is 15.8 Å². The Balaban J connectivity index is 1.50. The normalized spacial score (nSPS) is 10.6. The SMILES string of the molecule is Cc1cccc(OCCNC(=O)Cn2nc(-c3ccc(F)cc3)oc2=O)c1. The molecule has 0 saturated carbocycles. The Morgan fingerprint density at radius 3 is 2.78 bits per heavy atom. The minimum atomic E-state index is -0.763. The van der Waals surface area contributed by atoms with E-state index >= 15 is 0 Å². The molecule has 0 radical (unpaired) electrons. The summed E-state index contributed by atoms with van der Waals surface area (Å²) in [5.41, 5.74) is 1.53. The topological polar surface area (TPSA) is 86.4 Å². The molecule has 1 N–H and O–H groups in total. The lowest BCUT2D eigenvalue weighted by molar-refractivity contribution is -0.122. The molecule has 0 saturated heterocycles. The number of carbonyl (C=O) groups is 1. The highest BCUT2D eigenvalue weighted by Crippen LogP contribution is 2.15. The van der Waals surface area contributed by atoms with Crippen molar-refractivity contribution in [3.8, 4) is 17.2 Å². The molecule has 1 aromatic heterocycles. The first-order chi connectivity index (χ1) is 13.0. The highest BCUT2D eigenvalue weighted by molar-refractivity contribution is 5.75. The number of aryl methyl sites for hydroxylation is 1. The molecule has 140 valence electrons. The summed E-state index contributed by atoms with van der Waals surface area (Å²) >= 11 is 0. The van der Waals surface area contributed by atoms with Crippen molar-refractivity contribution in [2.75, 3.05) is 13.2 Å². The van der Waals surface area contributed by atoms with E-state index in [-0.39, 0.29) is 19.0 Å². The van der Waals surface area contributed by atoms with Crippen molar-refractivity contribution in [2.24, 2.45) is 0 Å². The van der Waals surface area contributed by atoms with Crippen molar-refractivity contribution in [3.63, 3.8) is 0 Å². The fourth-order valence-corrected chi connectivity index (χ4v) is 2.37. The number of hydrogen-bond donors (Lipinski definition) is 1. The summed E-state index contributed by atoms with van der Waals surface area (Å²) in [6.07, 6.45) is 0. The lowest BCUT2D eigenvalue weighted by atomic mass is 10.2. The Kier molecular flexibility index (Phi) is 5.65. The highest BCUT2D eigenvalue weighted by Gasteiger charge is 2.13. The summed E-state index contributed by atoms with van der Waals surface area (Å²) in [6, 6.07) is 12.9. The molecule has 3 rings (SSSR count). The number of carbonyl (C=O) groups excluding carboxylic acids is 1. The summed E-state index contributed by atoms with van der Waals surface area (Å²) < 4.78 is 24.4. The molecule has 0 aliphatic rings. The fourth-order valence-electron chi connectivity index (χ4n) is 2.37. The zero-order valence-corrected chi connectivity index (χ0v) is 14.6. The zero-order valence-electron chi connectivity index (χ0n) is 14.6. The van der Waals surface area contributed by atoms with E-state index in [1.165, 1.54) is 24.3 Å².